The molecule has 0 heterocycles. The molecule has 0 unspecified atom stereocenters. The molecule has 124 valence electrons. The topological polar surface area (TPSA) is 66.5 Å². The molecule has 0 fully saturated rings. The second-order valence-electron chi connectivity index (χ2n) is 4.94. The average Bonchev–Trinajstić information content (AvgIpc) is 2.41. The highest BCUT2D eigenvalue weighted by Crippen LogP contribution is 2.25. The number of nitrogens with one attached hydrogen (secondary N) is 1. The van der Waals surface area contributed by atoms with E-state index in [2.05, 4.69) is 5.32 Å². The second kappa shape index (κ2) is 8.72. The smallest absolute Gasteiger partial charge is 0.225 e. The van der Waals surface area contributed by atoms with Crippen molar-refractivity contribution in [2.24, 2.45) is 0 Å². The highest BCUT2D eigenvalue weighted by Gasteiger charge is 2.17. The van der Waals surface area contributed by atoms with Crippen LogP contribution in [0.1, 0.15) is 26.2 Å². The summed E-state index contributed by atoms with van der Waals surface area (Å²) in [5, 5.41) is 3.47. The zero-order valence-corrected chi connectivity index (χ0v) is 14.9. The zero-order valence-electron chi connectivity index (χ0n) is 12.6. The van der Waals surface area contributed by atoms with Gasteiger partial charge in [-0.05, 0) is 24.6 Å². The van der Waals surface area contributed by atoms with Gasteiger partial charge in [0.1, 0.15) is 0 Å². The summed E-state index contributed by atoms with van der Waals surface area (Å²) in [5.41, 5.74) is 0.415. The first-order valence-electron chi connectivity index (χ1n) is 6.94. The SMILES string of the molecule is CCCCN(CCC(=O)Nc1cc(Cl)ccc1Cl)S(C)(=O)=O. The van der Waals surface area contributed by atoms with Crippen molar-refractivity contribution in [2.75, 3.05) is 24.7 Å². The largest absolute Gasteiger partial charge is 0.325 e. The summed E-state index contributed by atoms with van der Waals surface area (Å²) < 4.78 is 24.6. The van der Waals surface area contributed by atoms with Crippen molar-refractivity contribution in [3.05, 3.63) is 28.2 Å². The lowest BCUT2D eigenvalue weighted by Gasteiger charge is -2.19. The molecule has 0 bridgehead atoms. The highest BCUT2D eigenvalue weighted by atomic mass is 35.5. The zero-order chi connectivity index (χ0) is 16.8. The molecule has 0 aliphatic rings. The lowest BCUT2D eigenvalue weighted by atomic mass is 10.3. The molecule has 0 aromatic heterocycles. The number of nitrogens with zero attached hydrogens (tertiary/aromatic N) is 1. The van der Waals surface area contributed by atoms with Crippen molar-refractivity contribution in [3.8, 4) is 0 Å². The van der Waals surface area contributed by atoms with Crippen LogP contribution in [0.4, 0.5) is 5.69 Å². The molecule has 1 aromatic rings. The molecule has 1 N–H and O–H groups in total. The number of benzene rings is 1. The summed E-state index contributed by atoms with van der Waals surface area (Å²) in [4.78, 5) is 11.9. The molecule has 1 aromatic carbocycles. The Morgan fingerprint density at radius 3 is 2.55 bits per heavy atom. The molecule has 0 atom stereocenters. The maximum absolute atomic E-state index is 11.9. The first-order valence-corrected chi connectivity index (χ1v) is 9.54. The molecule has 0 aliphatic heterocycles. The summed E-state index contributed by atoms with van der Waals surface area (Å²) in [7, 11) is -3.31. The van der Waals surface area contributed by atoms with E-state index in [1.807, 2.05) is 6.92 Å². The van der Waals surface area contributed by atoms with Crippen LogP contribution >= 0.6 is 23.2 Å². The van der Waals surface area contributed by atoms with Crippen LogP contribution in [0, 0.1) is 0 Å². The fourth-order valence-corrected chi connectivity index (χ4v) is 3.03. The Labute approximate surface area is 141 Å². The molecule has 1 amide bonds. The number of rotatable bonds is 8. The fourth-order valence-electron chi connectivity index (χ4n) is 1.81. The Morgan fingerprint density at radius 1 is 1.27 bits per heavy atom. The predicted molar refractivity (Wildman–Crippen MR) is 91.0 cm³/mol. The third-order valence-corrected chi connectivity index (χ3v) is 4.89. The van der Waals surface area contributed by atoms with Gasteiger partial charge in [-0.25, -0.2) is 12.7 Å². The fraction of sp³-hybridized carbons (Fsp3) is 0.500. The van der Waals surface area contributed by atoms with Gasteiger partial charge in [0.05, 0.1) is 17.0 Å². The van der Waals surface area contributed by atoms with Crippen LogP contribution < -0.4 is 5.32 Å². The van der Waals surface area contributed by atoms with E-state index in [1.54, 1.807) is 18.2 Å². The number of sulfonamides is 1. The first-order chi connectivity index (χ1) is 10.2. The van der Waals surface area contributed by atoms with Crippen LogP contribution in [0.5, 0.6) is 0 Å². The minimum absolute atomic E-state index is 0.0552. The van der Waals surface area contributed by atoms with Gasteiger partial charge in [-0.2, -0.15) is 0 Å². The third kappa shape index (κ3) is 6.52. The monoisotopic (exact) mass is 366 g/mol. The van der Waals surface area contributed by atoms with E-state index >= 15 is 0 Å². The number of hydrogen-bond acceptors (Lipinski definition) is 3. The van der Waals surface area contributed by atoms with Crippen molar-refractivity contribution in [2.45, 2.75) is 26.2 Å². The summed E-state index contributed by atoms with van der Waals surface area (Å²) in [6, 6.07) is 4.76. The van der Waals surface area contributed by atoms with Gasteiger partial charge >= 0.3 is 0 Å². The first kappa shape index (κ1) is 19.2. The maximum Gasteiger partial charge on any atom is 0.225 e. The Kier molecular flexibility index (Phi) is 7.62. The van der Waals surface area contributed by atoms with Crippen molar-refractivity contribution in [1.82, 2.24) is 4.31 Å². The second-order valence-corrected chi connectivity index (χ2v) is 7.76. The van der Waals surface area contributed by atoms with Gasteiger partial charge in [-0.15, -0.1) is 0 Å². The van der Waals surface area contributed by atoms with Gasteiger partial charge in [-0.1, -0.05) is 36.5 Å². The Balaban J connectivity index is 2.62. The quantitative estimate of drug-likeness (QED) is 0.766. The van der Waals surface area contributed by atoms with Crippen LogP contribution in [0.2, 0.25) is 10.0 Å². The van der Waals surface area contributed by atoms with E-state index in [1.165, 1.54) is 4.31 Å². The lowest BCUT2D eigenvalue weighted by Crippen LogP contribution is -2.33. The van der Waals surface area contributed by atoms with Crippen LogP contribution in [0.25, 0.3) is 0 Å². The van der Waals surface area contributed by atoms with Crippen molar-refractivity contribution < 1.29 is 13.2 Å². The van der Waals surface area contributed by atoms with E-state index in [4.69, 9.17) is 23.2 Å². The predicted octanol–water partition coefficient (Wildman–Crippen LogP) is 3.38. The van der Waals surface area contributed by atoms with E-state index in [0.717, 1.165) is 19.1 Å². The summed E-state index contributed by atoms with van der Waals surface area (Å²) in [6.45, 7) is 2.54. The molecule has 0 aliphatic carbocycles. The lowest BCUT2D eigenvalue weighted by molar-refractivity contribution is -0.116. The minimum Gasteiger partial charge on any atom is -0.325 e. The number of amides is 1. The molecule has 0 saturated heterocycles. The maximum atomic E-state index is 11.9. The highest BCUT2D eigenvalue weighted by molar-refractivity contribution is 7.88. The number of hydrogen-bond donors (Lipinski definition) is 1. The van der Waals surface area contributed by atoms with Gasteiger partial charge in [0.15, 0.2) is 0 Å². The van der Waals surface area contributed by atoms with Gasteiger partial charge in [0, 0.05) is 24.5 Å². The van der Waals surface area contributed by atoms with Gasteiger partial charge in [-0.3, -0.25) is 4.79 Å². The van der Waals surface area contributed by atoms with Crippen LogP contribution in [-0.2, 0) is 14.8 Å². The van der Waals surface area contributed by atoms with Gasteiger partial charge in [0.25, 0.3) is 0 Å². The van der Waals surface area contributed by atoms with E-state index in [-0.39, 0.29) is 18.9 Å². The van der Waals surface area contributed by atoms with E-state index in [0.29, 0.717) is 22.3 Å². The normalized spacial score (nSPS) is 11.7. The molecule has 0 radical (unpaired) electrons. The third-order valence-electron chi connectivity index (χ3n) is 3.02. The summed E-state index contributed by atoms with van der Waals surface area (Å²) in [6.07, 6.45) is 2.85. The van der Waals surface area contributed by atoms with Crippen LogP contribution in [-0.4, -0.2) is 38.0 Å². The Morgan fingerprint density at radius 2 is 1.95 bits per heavy atom. The standard InChI is InChI=1S/C14H20Cl2N2O3S/c1-3-4-8-18(22(2,20)21)9-7-14(19)17-13-10-11(15)5-6-12(13)16/h5-6,10H,3-4,7-9H2,1-2H3,(H,17,19). The van der Waals surface area contributed by atoms with Crippen molar-refractivity contribution in [1.29, 1.82) is 0 Å². The van der Waals surface area contributed by atoms with Crippen LogP contribution in [0.3, 0.4) is 0 Å². The molecule has 22 heavy (non-hydrogen) atoms. The van der Waals surface area contributed by atoms with Crippen molar-refractivity contribution >= 4 is 44.8 Å². The molecular weight excluding hydrogens is 347 g/mol. The average molecular weight is 367 g/mol. The molecule has 5 nitrogen and oxygen atoms in total. The minimum atomic E-state index is -3.31. The van der Waals surface area contributed by atoms with E-state index in [9.17, 15) is 13.2 Å². The molecule has 8 heteroatoms. The molecule has 0 spiro atoms. The molecular formula is C14H20Cl2N2O3S. The number of carbonyl (C=O) groups excluding carboxylic acids is 1. The Hall–Kier alpha value is -0.820. The van der Waals surface area contributed by atoms with Gasteiger partial charge < -0.3 is 5.32 Å². The number of anilines is 1. The molecule has 0 saturated carbocycles. The van der Waals surface area contributed by atoms with Crippen LogP contribution in [0.15, 0.2) is 18.2 Å². The van der Waals surface area contributed by atoms with E-state index < -0.39 is 10.0 Å². The number of carbonyl (C=O) groups is 1. The summed E-state index contributed by atoms with van der Waals surface area (Å²) in [5.74, 6) is -0.311. The summed E-state index contributed by atoms with van der Waals surface area (Å²) >= 11 is 11.8. The van der Waals surface area contributed by atoms with Crippen molar-refractivity contribution in [3.63, 3.8) is 0 Å². The Bertz CT molecular complexity index is 621. The number of unbranched alkanes of at least 4 members (excludes halogenated alkanes) is 1. The number of halogens is 2. The molecule has 1 rings (SSSR count). The van der Waals surface area contributed by atoms with Gasteiger partial charge in [0.2, 0.25) is 15.9 Å².